The number of carbonyl (C=O) groups is 1. The molecule has 0 unspecified atom stereocenters. The second-order valence-corrected chi connectivity index (χ2v) is 6.81. The molecular formula is C17H24Cl3N3OS. The van der Waals surface area contributed by atoms with Crippen LogP contribution < -0.4 is 11.1 Å². The van der Waals surface area contributed by atoms with Crippen molar-refractivity contribution in [3.8, 4) is 10.6 Å². The molecule has 3 N–H and O–H groups in total. The van der Waals surface area contributed by atoms with E-state index in [1.807, 2.05) is 43.5 Å². The van der Waals surface area contributed by atoms with Crippen LogP contribution in [0.5, 0.6) is 0 Å². The van der Waals surface area contributed by atoms with Crippen LogP contribution in [0.1, 0.15) is 32.4 Å². The number of nitrogens with one attached hydrogen (secondary N) is 1. The highest BCUT2D eigenvalue weighted by atomic mass is 35.5. The summed E-state index contributed by atoms with van der Waals surface area (Å²) in [5.74, 6) is -0.0461. The molecule has 4 nitrogen and oxygen atoms in total. The van der Waals surface area contributed by atoms with Gasteiger partial charge in [0.1, 0.15) is 5.01 Å². The second kappa shape index (κ2) is 11.0. The van der Waals surface area contributed by atoms with E-state index in [1.54, 1.807) is 0 Å². The van der Waals surface area contributed by atoms with Crippen LogP contribution in [0.3, 0.4) is 0 Å². The molecule has 0 spiro atoms. The van der Waals surface area contributed by atoms with Crippen molar-refractivity contribution in [2.45, 2.75) is 38.6 Å². The molecule has 1 aromatic heterocycles. The maximum atomic E-state index is 12.3. The van der Waals surface area contributed by atoms with Gasteiger partial charge < -0.3 is 11.1 Å². The third-order valence-corrected chi connectivity index (χ3v) is 5.40. The maximum absolute atomic E-state index is 12.3. The van der Waals surface area contributed by atoms with Gasteiger partial charge in [-0.3, -0.25) is 4.79 Å². The molecule has 1 heterocycles. The van der Waals surface area contributed by atoms with E-state index < -0.39 is 0 Å². The van der Waals surface area contributed by atoms with E-state index in [4.69, 9.17) is 17.3 Å². The van der Waals surface area contributed by atoms with Gasteiger partial charge in [0.25, 0.3) is 0 Å². The molecule has 8 heteroatoms. The first-order chi connectivity index (χ1) is 11.0. The molecule has 0 aliphatic rings. The second-order valence-electron chi connectivity index (χ2n) is 5.54. The number of benzene rings is 1. The summed E-state index contributed by atoms with van der Waals surface area (Å²) in [7, 11) is 0. The molecule has 1 aromatic carbocycles. The van der Waals surface area contributed by atoms with E-state index in [9.17, 15) is 4.79 Å². The Morgan fingerprint density at radius 3 is 2.48 bits per heavy atom. The van der Waals surface area contributed by atoms with Gasteiger partial charge in [0, 0.05) is 17.5 Å². The highest BCUT2D eigenvalue weighted by Crippen LogP contribution is 2.30. The summed E-state index contributed by atoms with van der Waals surface area (Å²) in [5, 5.41) is 6.46. The normalized spacial score (nSPS) is 10.6. The standard InChI is InChI=1S/C17H22ClN3OS.2ClH/c1-3-17(4-2,11-19)21-15(22)9-12-10-23-16(20-12)13-7-5-6-8-14(13)18;;/h5-8,10H,3-4,9,11,19H2,1-2H3,(H,21,22);2*1H. The zero-order valence-electron chi connectivity index (χ0n) is 14.3. The van der Waals surface area contributed by atoms with Crippen LogP contribution in [0, 0.1) is 0 Å². The van der Waals surface area contributed by atoms with E-state index in [2.05, 4.69) is 10.3 Å². The molecule has 0 atom stereocenters. The minimum Gasteiger partial charge on any atom is -0.349 e. The van der Waals surface area contributed by atoms with Crippen LogP contribution in [0.4, 0.5) is 0 Å². The predicted molar refractivity (Wildman–Crippen MR) is 111 cm³/mol. The van der Waals surface area contributed by atoms with Crippen molar-refractivity contribution in [1.82, 2.24) is 10.3 Å². The van der Waals surface area contributed by atoms with Gasteiger partial charge in [-0.1, -0.05) is 43.6 Å². The van der Waals surface area contributed by atoms with Gasteiger partial charge in [0.15, 0.2) is 0 Å². The van der Waals surface area contributed by atoms with Gasteiger partial charge in [0.05, 0.1) is 22.7 Å². The van der Waals surface area contributed by atoms with Crippen molar-refractivity contribution in [2.24, 2.45) is 5.73 Å². The first kappa shape index (κ1) is 24.2. The van der Waals surface area contributed by atoms with Crippen LogP contribution in [-0.4, -0.2) is 23.0 Å². The SMILES string of the molecule is CCC(CC)(CN)NC(=O)Cc1csc(-c2ccccc2Cl)n1.Cl.Cl. The average molecular weight is 425 g/mol. The summed E-state index contributed by atoms with van der Waals surface area (Å²) in [4.78, 5) is 16.8. The van der Waals surface area contributed by atoms with Crippen molar-refractivity contribution in [1.29, 1.82) is 0 Å². The van der Waals surface area contributed by atoms with Crippen molar-refractivity contribution in [3.05, 3.63) is 40.4 Å². The zero-order chi connectivity index (χ0) is 16.9. The van der Waals surface area contributed by atoms with Crippen LogP contribution in [0.15, 0.2) is 29.6 Å². The minimum atomic E-state index is -0.321. The fourth-order valence-corrected chi connectivity index (χ4v) is 3.56. The Hall–Kier alpha value is -0.850. The Labute approximate surface area is 170 Å². The smallest absolute Gasteiger partial charge is 0.226 e. The van der Waals surface area contributed by atoms with Crippen LogP contribution >= 0.6 is 47.8 Å². The Kier molecular flexibility index (Phi) is 10.6. The molecule has 1 amide bonds. The minimum absolute atomic E-state index is 0. The lowest BCUT2D eigenvalue weighted by atomic mass is 9.92. The molecule has 0 aliphatic carbocycles. The van der Waals surface area contributed by atoms with Crippen molar-refractivity contribution < 1.29 is 4.79 Å². The molecule has 0 bridgehead atoms. The summed E-state index contributed by atoms with van der Waals surface area (Å²) in [5.41, 5.74) is 7.15. The van der Waals surface area contributed by atoms with Crippen LogP contribution in [-0.2, 0) is 11.2 Å². The zero-order valence-corrected chi connectivity index (χ0v) is 17.5. The highest BCUT2D eigenvalue weighted by Gasteiger charge is 2.26. The molecule has 0 saturated carbocycles. The molecule has 2 aromatic rings. The van der Waals surface area contributed by atoms with E-state index >= 15 is 0 Å². The first-order valence-electron chi connectivity index (χ1n) is 7.74. The van der Waals surface area contributed by atoms with Crippen molar-refractivity contribution in [2.75, 3.05) is 6.54 Å². The third kappa shape index (κ3) is 6.12. The molecule has 25 heavy (non-hydrogen) atoms. The van der Waals surface area contributed by atoms with Gasteiger partial charge in [0.2, 0.25) is 5.91 Å². The number of thiazole rings is 1. The van der Waals surface area contributed by atoms with Crippen LogP contribution in [0.25, 0.3) is 10.6 Å². The first-order valence-corrected chi connectivity index (χ1v) is 8.99. The predicted octanol–water partition coefficient (Wildman–Crippen LogP) is 4.48. The fourth-order valence-electron chi connectivity index (χ4n) is 2.42. The summed E-state index contributed by atoms with van der Waals surface area (Å²) in [6.07, 6.45) is 1.88. The number of rotatable bonds is 7. The summed E-state index contributed by atoms with van der Waals surface area (Å²) in [6.45, 7) is 4.51. The Bertz CT molecular complexity index is 666. The molecule has 0 saturated heterocycles. The maximum Gasteiger partial charge on any atom is 0.226 e. The highest BCUT2D eigenvalue weighted by molar-refractivity contribution is 7.13. The van der Waals surface area contributed by atoms with Gasteiger partial charge in [-0.2, -0.15) is 0 Å². The lowest BCUT2D eigenvalue weighted by Gasteiger charge is -2.31. The topological polar surface area (TPSA) is 68.0 Å². The Morgan fingerprint density at radius 1 is 1.28 bits per heavy atom. The Morgan fingerprint density at radius 2 is 1.92 bits per heavy atom. The van der Waals surface area contributed by atoms with Gasteiger partial charge in [-0.05, 0) is 18.9 Å². The number of halogens is 3. The summed E-state index contributed by atoms with van der Waals surface area (Å²) >= 11 is 7.68. The van der Waals surface area contributed by atoms with E-state index in [0.29, 0.717) is 11.6 Å². The summed E-state index contributed by atoms with van der Waals surface area (Å²) in [6, 6.07) is 7.57. The summed E-state index contributed by atoms with van der Waals surface area (Å²) < 4.78 is 0. The quantitative estimate of drug-likeness (QED) is 0.688. The number of hydrogen-bond acceptors (Lipinski definition) is 4. The van der Waals surface area contributed by atoms with Gasteiger partial charge in [-0.25, -0.2) is 4.98 Å². The van der Waals surface area contributed by atoms with Crippen LogP contribution in [0.2, 0.25) is 5.02 Å². The third-order valence-electron chi connectivity index (χ3n) is 4.15. The van der Waals surface area contributed by atoms with Crippen molar-refractivity contribution >= 4 is 53.7 Å². The Balaban J connectivity index is 0.00000288. The molecule has 2 rings (SSSR count). The average Bonchev–Trinajstić information content (AvgIpc) is 3.01. The number of hydrogen-bond donors (Lipinski definition) is 2. The lowest BCUT2D eigenvalue weighted by molar-refractivity contribution is -0.122. The lowest BCUT2D eigenvalue weighted by Crippen LogP contribution is -2.53. The van der Waals surface area contributed by atoms with Gasteiger partial charge in [-0.15, -0.1) is 36.2 Å². The van der Waals surface area contributed by atoms with E-state index in [1.165, 1.54) is 11.3 Å². The fraction of sp³-hybridized carbons (Fsp3) is 0.412. The number of aromatic nitrogens is 1. The van der Waals surface area contributed by atoms with Gasteiger partial charge >= 0.3 is 0 Å². The number of nitrogens with two attached hydrogens (primary N) is 1. The van der Waals surface area contributed by atoms with E-state index in [-0.39, 0.29) is 42.7 Å². The van der Waals surface area contributed by atoms with Crippen molar-refractivity contribution in [3.63, 3.8) is 0 Å². The monoisotopic (exact) mass is 423 g/mol. The molecule has 140 valence electrons. The number of carbonyl (C=O) groups excluding carboxylic acids is 1. The molecule has 0 aliphatic heterocycles. The van der Waals surface area contributed by atoms with E-state index in [0.717, 1.165) is 29.1 Å². The number of nitrogens with zero attached hydrogens (tertiary/aromatic N) is 1. The molecular weight excluding hydrogens is 401 g/mol. The molecule has 0 radical (unpaired) electrons. The number of amides is 1. The largest absolute Gasteiger partial charge is 0.349 e. The molecule has 0 fully saturated rings.